The highest BCUT2D eigenvalue weighted by atomic mass is 15.3. The number of nitrogens with one attached hydrogen (secondary N) is 1. The molecule has 2 aliphatic rings. The van der Waals surface area contributed by atoms with Gasteiger partial charge < -0.3 is 10.2 Å². The Hall–Kier alpha value is -0.900. The Kier molecular flexibility index (Phi) is 3.87. The zero-order valence-electron chi connectivity index (χ0n) is 12.1. The molecule has 1 fully saturated rings. The van der Waals surface area contributed by atoms with Crippen molar-refractivity contribution in [3.8, 4) is 0 Å². The number of hydrogen-bond acceptors (Lipinski definition) is 3. The second-order valence-electron chi connectivity index (χ2n) is 5.71. The van der Waals surface area contributed by atoms with Gasteiger partial charge in [-0.25, -0.2) is 0 Å². The number of fused-ring (bicyclic) bond motifs is 1. The van der Waals surface area contributed by atoms with Crippen molar-refractivity contribution in [2.24, 2.45) is 0 Å². The van der Waals surface area contributed by atoms with E-state index >= 15 is 0 Å². The van der Waals surface area contributed by atoms with E-state index in [1.165, 1.54) is 44.7 Å². The molecule has 1 aliphatic heterocycles. The zero-order valence-corrected chi connectivity index (χ0v) is 12.1. The fourth-order valence-corrected chi connectivity index (χ4v) is 3.64. The second-order valence-corrected chi connectivity index (χ2v) is 5.71. The summed E-state index contributed by atoms with van der Waals surface area (Å²) in [6, 6.07) is 10.1. The average molecular weight is 259 g/mol. The third-order valence-corrected chi connectivity index (χ3v) is 4.81. The highest BCUT2D eigenvalue weighted by molar-refractivity contribution is 5.37. The van der Waals surface area contributed by atoms with Gasteiger partial charge >= 0.3 is 0 Å². The van der Waals surface area contributed by atoms with Crippen molar-refractivity contribution in [2.75, 3.05) is 39.8 Å². The van der Waals surface area contributed by atoms with Crippen LogP contribution in [0.1, 0.15) is 24.1 Å². The van der Waals surface area contributed by atoms with Crippen LogP contribution in [0.2, 0.25) is 0 Å². The van der Waals surface area contributed by atoms with Crippen LogP contribution in [0, 0.1) is 0 Å². The monoisotopic (exact) mass is 259 g/mol. The Bertz CT molecular complexity index is 424. The largest absolute Gasteiger partial charge is 0.315 e. The molecule has 0 unspecified atom stereocenters. The summed E-state index contributed by atoms with van der Waals surface area (Å²) in [6.45, 7) is 8.27. The standard InChI is InChI=1S/C16H25N3/c1-3-18-8-10-19(11-9-18)16-14-7-5-4-6-13(14)12-15(16)17-2/h4-7,15-17H,3,8-12H2,1-2H3/t15-,16-/m1/s1. The summed E-state index contributed by atoms with van der Waals surface area (Å²) >= 11 is 0. The number of piperazine rings is 1. The van der Waals surface area contributed by atoms with Crippen LogP contribution in [0.4, 0.5) is 0 Å². The minimum absolute atomic E-state index is 0.570. The maximum atomic E-state index is 3.53. The Morgan fingerprint density at radius 1 is 1.16 bits per heavy atom. The SMILES string of the molecule is CCN1CCN([C@@H]2c3ccccc3C[C@H]2NC)CC1. The Morgan fingerprint density at radius 3 is 2.58 bits per heavy atom. The molecule has 1 aliphatic carbocycles. The normalized spacial score (nSPS) is 28.5. The number of rotatable bonds is 3. The van der Waals surface area contributed by atoms with Gasteiger partial charge in [-0.15, -0.1) is 0 Å². The third-order valence-electron chi connectivity index (χ3n) is 4.81. The van der Waals surface area contributed by atoms with Gasteiger partial charge in [0.05, 0.1) is 6.04 Å². The highest BCUT2D eigenvalue weighted by Gasteiger charge is 2.36. The Labute approximate surface area is 116 Å². The lowest BCUT2D eigenvalue weighted by Gasteiger charge is -2.40. The van der Waals surface area contributed by atoms with Gasteiger partial charge in [0.1, 0.15) is 0 Å². The molecule has 1 heterocycles. The van der Waals surface area contributed by atoms with E-state index in [0.717, 1.165) is 0 Å². The van der Waals surface area contributed by atoms with E-state index < -0.39 is 0 Å². The molecule has 0 bridgehead atoms. The van der Waals surface area contributed by atoms with Crippen molar-refractivity contribution >= 4 is 0 Å². The summed E-state index contributed by atoms with van der Waals surface area (Å²) in [5.41, 5.74) is 3.08. The maximum Gasteiger partial charge on any atom is 0.0508 e. The smallest absolute Gasteiger partial charge is 0.0508 e. The van der Waals surface area contributed by atoms with Crippen molar-refractivity contribution in [1.82, 2.24) is 15.1 Å². The molecule has 2 atom stereocenters. The third kappa shape index (κ3) is 2.42. The van der Waals surface area contributed by atoms with Crippen LogP contribution in [0.3, 0.4) is 0 Å². The first-order valence-electron chi connectivity index (χ1n) is 7.55. The molecule has 3 rings (SSSR count). The van der Waals surface area contributed by atoms with E-state index in [1.54, 1.807) is 5.56 Å². The molecule has 0 amide bonds. The lowest BCUT2D eigenvalue weighted by atomic mass is 10.0. The minimum Gasteiger partial charge on any atom is -0.315 e. The topological polar surface area (TPSA) is 18.5 Å². The molecular weight excluding hydrogens is 234 g/mol. The van der Waals surface area contributed by atoms with Gasteiger partial charge in [0.2, 0.25) is 0 Å². The van der Waals surface area contributed by atoms with E-state index in [2.05, 4.69) is 53.4 Å². The molecule has 1 aromatic carbocycles. The number of benzene rings is 1. The first kappa shape index (κ1) is 13.1. The second kappa shape index (κ2) is 5.61. The predicted molar refractivity (Wildman–Crippen MR) is 79.4 cm³/mol. The molecule has 0 spiro atoms. The first-order valence-corrected chi connectivity index (χ1v) is 7.55. The fraction of sp³-hybridized carbons (Fsp3) is 0.625. The first-order chi connectivity index (χ1) is 9.33. The van der Waals surface area contributed by atoms with Gasteiger partial charge in [0.25, 0.3) is 0 Å². The van der Waals surface area contributed by atoms with E-state index in [-0.39, 0.29) is 0 Å². The van der Waals surface area contributed by atoms with Crippen LogP contribution in [-0.2, 0) is 6.42 Å². The van der Waals surface area contributed by atoms with E-state index in [0.29, 0.717) is 12.1 Å². The van der Waals surface area contributed by atoms with Gasteiger partial charge in [0, 0.05) is 32.2 Å². The molecule has 1 aromatic rings. The fourth-order valence-electron chi connectivity index (χ4n) is 3.64. The zero-order chi connectivity index (χ0) is 13.2. The van der Waals surface area contributed by atoms with Gasteiger partial charge in [-0.3, -0.25) is 4.90 Å². The molecule has 3 nitrogen and oxygen atoms in total. The Morgan fingerprint density at radius 2 is 1.89 bits per heavy atom. The van der Waals surface area contributed by atoms with Crippen LogP contribution in [0.5, 0.6) is 0 Å². The average Bonchev–Trinajstić information content (AvgIpc) is 2.86. The van der Waals surface area contributed by atoms with Gasteiger partial charge in [-0.1, -0.05) is 31.2 Å². The van der Waals surface area contributed by atoms with Crippen molar-refractivity contribution in [3.63, 3.8) is 0 Å². The summed E-state index contributed by atoms with van der Waals surface area (Å²) in [5.74, 6) is 0. The van der Waals surface area contributed by atoms with Gasteiger partial charge in [0.15, 0.2) is 0 Å². The molecule has 104 valence electrons. The lowest BCUT2D eigenvalue weighted by molar-refractivity contribution is 0.0874. The molecule has 0 aromatic heterocycles. The van der Waals surface area contributed by atoms with Crippen molar-refractivity contribution in [2.45, 2.75) is 25.4 Å². The summed E-state index contributed by atoms with van der Waals surface area (Å²) < 4.78 is 0. The van der Waals surface area contributed by atoms with Crippen LogP contribution in [-0.4, -0.2) is 55.6 Å². The lowest BCUT2D eigenvalue weighted by Crippen LogP contribution is -2.50. The van der Waals surface area contributed by atoms with E-state index in [9.17, 15) is 0 Å². The number of hydrogen-bond donors (Lipinski definition) is 1. The summed E-state index contributed by atoms with van der Waals surface area (Å²) in [5, 5.41) is 3.53. The quantitative estimate of drug-likeness (QED) is 0.888. The van der Waals surface area contributed by atoms with Crippen molar-refractivity contribution in [1.29, 1.82) is 0 Å². The van der Waals surface area contributed by atoms with Crippen LogP contribution < -0.4 is 5.32 Å². The number of nitrogens with zero attached hydrogens (tertiary/aromatic N) is 2. The molecular formula is C16H25N3. The number of likely N-dealkylation sites (N-methyl/N-ethyl adjacent to an activating group) is 2. The van der Waals surface area contributed by atoms with E-state index in [1.807, 2.05) is 0 Å². The predicted octanol–water partition coefficient (Wildman–Crippen LogP) is 1.51. The van der Waals surface area contributed by atoms with Crippen LogP contribution in [0.15, 0.2) is 24.3 Å². The summed E-state index contributed by atoms with van der Waals surface area (Å²) in [4.78, 5) is 5.23. The van der Waals surface area contributed by atoms with Crippen LogP contribution in [0.25, 0.3) is 0 Å². The molecule has 19 heavy (non-hydrogen) atoms. The summed E-state index contributed by atoms with van der Waals surface area (Å²) in [6.07, 6.45) is 1.17. The molecule has 3 heteroatoms. The minimum atomic E-state index is 0.570. The van der Waals surface area contributed by atoms with Crippen LogP contribution >= 0.6 is 0 Å². The van der Waals surface area contributed by atoms with Crippen molar-refractivity contribution in [3.05, 3.63) is 35.4 Å². The molecule has 1 saturated heterocycles. The summed E-state index contributed by atoms with van der Waals surface area (Å²) in [7, 11) is 2.10. The molecule has 0 radical (unpaired) electrons. The van der Waals surface area contributed by atoms with Gasteiger partial charge in [-0.05, 0) is 31.1 Å². The highest BCUT2D eigenvalue weighted by Crippen LogP contribution is 2.36. The molecule has 0 saturated carbocycles. The van der Waals surface area contributed by atoms with Crippen molar-refractivity contribution < 1.29 is 0 Å². The van der Waals surface area contributed by atoms with Gasteiger partial charge in [-0.2, -0.15) is 0 Å². The Balaban J connectivity index is 1.79. The molecule has 1 N–H and O–H groups in total. The maximum absolute atomic E-state index is 3.53. The van der Waals surface area contributed by atoms with E-state index in [4.69, 9.17) is 0 Å².